The van der Waals surface area contributed by atoms with E-state index in [1.54, 1.807) is 0 Å². The van der Waals surface area contributed by atoms with Gasteiger partial charge in [-0.15, -0.1) is 0 Å². The van der Waals surface area contributed by atoms with Crippen LogP contribution < -0.4 is 5.32 Å². The Labute approximate surface area is 78.0 Å². The van der Waals surface area contributed by atoms with Crippen LogP contribution in [-0.4, -0.2) is 6.04 Å². The molecule has 1 unspecified atom stereocenters. The summed E-state index contributed by atoms with van der Waals surface area (Å²) in [6.07, 6.45) is 8.88. The Kier molecular flexibility index (Phi) is 3.60. The number of rotatable bonds is 2. The Morgan fingerprint density at radius 1 is 1.38 bits per heavy atom. The molecule has 13 heavy (non-hydrogen) atoms. The molecule has 1 aliphatic rings. The molecule has 0 saturated carbocycles. The number of nitrogens with one attached hydrogen (secondary N) is 1. The van der Waals surface area contributed by atoms with E-state index in [4.69, 9.17) is 10.5 Å². The van der Waals surface area contributed by atoms with Crippen molar-refractivity contribution in [1.29, 1.82) is 10.5 Å². The fourth-order valence-corrected chi connectivity index (χ4v) is 1.24. The molecule has 3 heteroatoms. The molecule has 0 amide bonds. The van der Waals surface area contributed by atoms with Crippen LogP contribution in [0.1, 0.15) is 19.3 Å². The van der Waals surface area contributed by atoms with Gasteiger partial charge < -0.3 is 5.32 Å². The van der Waals surface area contributed by atoms with Gasteiger partial charge in [-0.3, -0.25) is 0 Å². The lowest BCUT2D eigenvalue weighted by Crippen LogP contribution is -2.25. The highest BCUT2D eigenvalue weighted by molar-refractivity contribution is 5.34. The van der Waals surface area contributed by atoms with Crippen molar-refractivity contribution < 1.29 is 0 Å². The number of hydrogen-bond donors (Lipinski definition) is 1. The first kappa shape index (κ1) is 9.35. The maximum Gasteiger partial charge on any atom is 0.145 e. The first-order chi connectivity index (χ1) is 6.36. The molecule has 0 aliphatic heterocycles. The highest BCUT2D eigenvalue weighted by Crippen LogP contribution is 2.10. The van der Waals surface area contributed by atoms with Crippen LogP contribution in [-0.2, 0) is 0 Å². The number of hydrogen-bond acceptors (Lipinski definition) is 3. The zero-order valence-electron chi connectivity index (χ0n) is 7.33. The maximum absolute atomic E-state index is 8.46. The summed E-state index contributed by atoms with van der Waals surface area (Å²) in [6, 6.07) is 4.00. The van der Waals surface area contributed by atoms with E-state index in [1.165, 1.54) is 6.20 Å². The quantitative estimate of drug-likeness (QED) is 0.510. The summed E-state index contributed by atoms with van der Waals surface area (Å²) in [6.45, 7) is 0. The summed E-state index contributed by atoms with van der Waals surface area (Å²) in [5, 5.41) is 20.0. The third-order valence-electron chi connectivity index (χ3n) is 1.97. The summed E-state index contributed by atoms with van der Waals surface area (Å²) in [4.78, 5) is 0. The summed E-state index contributed by atoms with van der Waals surface area (Å²) < 4.78 is 0. The Balaban J connectivity index is 2.42. The Morgan fingerprint density at radius 3 is 2.69 bits per heavy atom. The van der Waals surface area contributed by atoms with Crippen LogP contribution in [0.25, 0.3) is 0 Å². The molecule has 0 radical (unpaired) electrons. The third kappa shape index (κ3) is 3.01. The van der Waals surface area contributed by atoms with E-state index in [0.717, 1.165) is 19.3 Å². The Hall–Kier alpha value is -1.74. The maximum atomic E-state index is 8.46. The number of nitrogens with zero attached hydrogens (tertiary/aromatic N) is 2. The molecule has 1 atom stereocenters. The third-order valence-corrected chi connectivity index (χ3v) is 1.97. The molecule has 0 heterocycles. The van der Waals surface area contributed by atoms with Crippen molar-refractivity contribution in [2.75, 3.05) is 0 Å². The molecule has 0 fully saturated rings. The van der Waals surface area contributed by atoms with Crippen molar-refractivity contribution in [3.05, 3.63) is 23.9 Å². The van der Waals surface area contributed by atoms with Gasteiger partial charge >= 0.3 is 0 Å². The predicted octanol–water partition coefficient (Wildman–Crippen LogP) is 1.62. The molecule has 0 spiro atoms. The van der Waals surface area contributed by atoms with Crippen molar-refractivity contribution in [3.8, 4) is 12.1 Å². The fourth-order valence-electron chi connectivity index (χ4n) is 1.24. The van der Waals surface area contributed by atoms with E-state index in [9.17, 15) is 0 Å². The van der Waals surface area contributed by atoms with Gasteiger partial charge in [0, 0.05) is 12.2 Å². The second kappa shape index (κ2) is 5.00. The molecule has 1 aliphatic carbocycles. The molecule has 1 rings (SSSR count). The van der Waals surface area contributed by atoms with E-state index >= 15 is 0 Å². The van der Waals surface area contributed by atoms with Gasteiger partial charge in [0.2, 0.25) is 0 Å². The molecule has 0 aromatic heterocycles. The van der Waals surface area contributed by atoms with Crippen molar-refractivity contribution in [2.45, 2.75) is 25.3 Å². The molecule has 3 nitrogen and oxygen atoms in total. The molecular formula is C10H11N3. The van der Waals surface area contributed by atoms with Crippen LogP contribution in [0.4, 0.5) is 0 Å². The van der Waals surface area contributed by atoms with Crippen LogP contribution in [0.3, 0.4) is 0 Å². The Morgan fingerprint density at radius 2 is 2.15 bits per heavy atom. The lowest BCUT2D eigenvalue weighted by atomic mass is 10.0. The largest absolute Gasteiger partial charge is 0.386 e. The highest BCUT2D eigenvalue weighted by atomic mass is 14.9. The second-order valence-electron chi connectivity index (χ2n) is 2.93. The minimum atomic E-state index is 0.134. The van der Waals surface area contributed by atoms with Crippen LogP contribution in [0.5, 0.6) is 0 Å². The average molecular weight is 173 g/mol. The van der Waals surface area contributed by atoms with Crippen molar-refractivity contribution in [3.63, 3.8) is 0 Å². The lowest BCUT2D eigenvalue weighted by Gasteiger charge is -2.17. The van der Waals surface area contributed by atoms with Crippen molar-refractivity contribution in [2.24, 2.45) is 0 Å². The average Bonchev–Trinajstić information content (AvgIpc) is 2.21. The van der Waals surface area contributed by atoms with Crippen LogP contribution in [0.15, 0.2) is 23.9 Å². The molecule has 0 bridgehead atoms. The van der Waals surface area contributed by atoms with E-state index in [0.29, 0.717) is 6.04 Å². The molecule has 0 aromatic carbocycles. The standard InChI is InChI=1S/C10H11N3/c11-6-9(7-12)8-13-10-4-2-1-3-5-10/h1-2,8,10,13H,3-5H2. The molecule has 0 aromatic rings. The summed E-state index contributed by atoms with van der Waals surface area (Å²) in [5.41, 5.74) is 0.134. The van der Waals surface area contributed by atoms with Gasteiger partial charge in [-0.05, 0) is 19.3 Å². The second-order valence-corrected chi connectivity index (χ2v) is 2.93. The van der Waals surface area contributed by atoms with Crippen molar-refractivity contribution >= 4 is 0 Å². The molecule has 0 saturated heterocycles. The van der Waals surface area contributed by atoms with Crippen molar-refractivity contribution in [1.82, 2.24) is 5.32 Å². The summed E-state index contributed by atoms with van der Waals surface area (Å²) >= 11 is 0. The lowest BCUT2D eigenvalue weighted by molar-refractivity contribution is 0.536. The topological polar surface area (TPSA) is 59.6 Å². The van der Waals surface area contributed by atoms with Crippen LogP contribution in [0.2, 0.25) is 0 Å². The van der Waals surface area contributed by atoms with E-state index in [-0.39, 0.29) is 5.57 Å². The smallest absolute Gasteiger partial charge is 0.145 e. The zero-order valence-corrected chi connectivity index (χ0v) is 7.33. The van der Waals surface area contributed by atoms with E-state index in [2.05, 4.69) is 17.5 Å². The van der Waals surface area contributed by atoms with E-state index in [1.807, 2.05) is 12.1 Å². The highest BCUT2D eigenvalue weighted by Gasteiger charge is 2.06. The van der Waals surface area contributed by atoms with Gasteiger partial charge in [-0.1, -0.05) is 12.2 Å². The molecule has 66 valence electrons. The SMILES string of the molecule is N#CC(C#N)=CNC1CC=CCC1. The van der Waals surface area contributed by atoms with Gasteiger partial charge in [0.1, 0.15) is 17.7 Å². The molecule has 1 N–H and O–H groups in total. The first-order valence-corrected chi connectivity index (χ1v) is 4.28. The number of nitriles is 2. The van der Waals surface area contributed by atoms with Crippen LogP contribution >= 0.6 is 0 Å². The zero-order chi connectivity index (χ0) is 9.52. The minimum absolute atomic E-state index is 0.134. The van der Waals surface area contributed by atoms with Gasteiger partial charge in [0.25, 0.3) is 0 Å². The molecular weight excluding hydrogens is 162 g/mol. The number of allylic oxidation sites excluding steroid dienone is 2. The summed E-state index contributed by atoms with van der Waals surface area (Å²) in [7, 11) is 0. The first-order valence-electron chi connectivity index (χ1n) is 4.28. The normalized spacial score (nSPS) is 19.7. The van der Waals surface area contributed by atoms with Gasteiger partial charge in [-0.2, -0.15) is 10.5 Å². The monoisotopic (exact) mass is 173 g/mol. The predicted molar refractivity (Wildman–Crippen MR) is 49.2 cm³/mol. The Bertz CT molecular complexity index is 285. The van der Waals surface area contributed by atoms with Gasteiger partial charge in [0.05, 0.1) is 0 Å². The summed E-state index contributed by atoms with van der Waals surface area (Å²) in [5.74, 6) is 0. The van der Waals surface area contributed by atoms with Crippen LogP contribution in [0, 0.1) is 22.7 Å². The fraction of sp³-hybridized carbons (Fsp3) is 0.400. The van der Waals surface area contributed by atoms with Gasteiger partial charge in [0.15, 0.2) is 0 Å². The van der Waals surface area contributed by atoms with Gasteiger partial charge in [-0.25, -0.2) is 0 Å². The minimum Gasteiger partial charge on any atom is -0.386 e. The van der Waals surface area contributed by atoms with E-state index < -0.39 is 0 Å².